The molecule has 1 aliphatic heterocycles. The van der Waals surface area contributed by atoms with Crippen molar-refractivity contribution in [1.29, 1.82) is 0 Å². The molecule has 2 heterocycles. The van der Waals surface area contributed by atoms with Crippen molar-refractivity contribution in [2.24, 2.45) is 0 Å². The molecule has 0 unspecified atom stereocenters. The number of hydrogen-bond donors (Lipinski definition) is 2. The van der Waals surface area contributed by atoms with Crippen LogP contribution in [0.4, 0.5) is 0 Å². The predicted molar refractivity (Wildman–Crippen MR) is 91.2 cm³/mol. The molecule has 6 nitrogen and oxygen atoms in total. The molecule has 0 saturated carbocycles. The largest absolute Gasteiger partial charge is 0.354 e. The molecule has 1 saturated heterocycles. The van der Waals surface area contributed by atoms with Gasteiger partial charge in [-0.15, -0.1) is 0 Å². The summed E-state index contributed by atoms with van der Waals surface area (Å²) in [6.45, 7) is 1.38. The van der Waals surface area contributed by atoms with Crippen molar-refractivity contribution < 1.29 is 9.59 Å². The highest BCUT2D eigenvalue weighted by molar-refractivity contribution is 7.99. The van der Waals surface area contributed by atoms with E-state index in [4.69, 9.17) is 0 Å². The number of hydrogen-bond acceptors (Lipinski definition) is 4. The summed E-state index contributed by atoms with van der Waals surface area (Å²) >= 11 is 1.64. The molecule has 0 bridgehead atoms. The highest BCUT2D eigenvalue weighted by atomic mass is 32.2. The fourth-order valence-corrected chi connectivity index (χ4v) is 3.55. The van der Waals surface area contributed by atoms with Gasteiger partial charge < -0.3 is 15.2 Å². The Kier molecular flexibility index (Phi) is 5.17. The summed E-state index contributed by atoms with van der Waals surface area (Å²) in [6, 6.07) is 7.58. The third kappa shape index (κ3) is 4.04. The summed E-state index contributed by atoms with van der Waals surface area (Å²) in [7, 11) is 0. The molecule has 1 aromatic heterocycles. The maximum Gasteiger partial charge on any atom is 0.243 e. The van der Waals surface area contributed by atoms with Gasteiger partial charge in [0.2, 0.25) is 11.8 Å². The summed E-state index contributed by atoms with van der Waals surface area (Å²) in [5.74, 6) is 1.29. The minimum Gasteiger partial charge on any atom is -0.354 e. The van der Waals surface area contributed by atoms with Gasteiger partial charge in [0, 0.05) is 31.0 Å². The molecule has 7 heteroatoms. The van der Waals surface area contributed by atoms with E-state index >= 15 is 0 Å². The predicted octanol–water partition coefficient (Wildman–Crippen LogP) is 1.16. The molecule has 0 spiro atoms. The van der Waals surface area contributed by atoms with E-state index in [0.29, 0.717) is 18.7 Å². The molecule has 2 aromatic rings. The highest BCUT2D eigenvalue weighted by Crippen LogP contribution is 2.12. The van der Waals surface area contributed by atoms with Crippen LogP contribution in [0.2, 0.25) is 0 Å². The minimum absolute atomic E-state index is 0.0416. The maximum atomic E-state index is 12.1. The van der Waals surface area contributed by atoms with E-state index in [1.165, 1.54) is 0 Å². The monoisotopic (exact) mass is 332 g/mol. The van der Waals surface area contributed by atoms with Crippen molar-refractivity contribution in [3.63, 3.8) is 0 Å². The van der Waals surface area contributed by atoms with Crippen LogP contribution in [0.25, 0.3) is 11.0 Å². The number of nitrogens with one attached hydrogen (secondary N) is 2. The van der Waals surface area contributed by atoms with E-state index in [1.807, 2.05) is 30.6 Å². The van der Waals surface area contributed by atoms with E-state index < -0.39 is 6.04 Å². The number of para-hydroxylation sites is 2. The second kappa shape index (κ2) is 7.50. The van der Waals surface area contributed by atoms with Crippen molar-refractivity contribution in [3.05, 3.63) is 30.6 Å². The van der Waals surface area contributed by atoms with Crippen LogP contribution >= 0.6 is 11.8 Å². The van der Waals surface area contributed by atoms with Crippen molar-refractivity contribution in [3.8, 4) is 0 Å². The lowest BCUT2D eigenvalue weighted by atomic mass is 10.3. The Hall–Kier alpha value is -2.02. The average molecular weight is 332 g/mol. The molecular formula is C16H20N4O2S. The maximum absolute atomic E-state index is 12.1. The SMILES string of the molecule is O=C1CCSC[C@H](C(=O)NCCCn2cnc3ccccc32)N1. The number of nitrogens with zero attached hydrogens (tertiary/aromatic N) is 2. The lowest BCUT2D eigenvalue weighted by Gasteiger charge is -2.15. The van der Waals surface area contributed by atoms with E-state index in [0.717, 1.165) is 29.8 Å². The van der Waals surface area contributed by atoms with E-state index in [9.17, 15) is 9.59 Å². The molecular weight excluding hydrogens is 312 g/mol. The van der Waals surface area contributed by atoms with E-state index in [1.54, 1.807) is 11.8 Å². The highest BCUT2D eigenvalue weighted by Gasteiger charge is 2.22. The number of aryl methyl sites for hydroxylation is 1. The van der Waals surface area contributed by atoms with Gasteiger partial charge in [0.25, 0.3) is 0 Å². The zero-order valence-corrected chi connectivity index (χ0v) is 13.6. The normalized spacial score (nSPS) is 18.4. The fourth-order valence-electron chi connectivity index (χ4n) is 2.59. The first-order valence-electron chi connectivity index (χ1n) is 7.79. The lowest BCUT2D eigenvalue weighted by Crippen LogP contribution is -2.47. The number of benzene rings is 1. The second-order valence-electron chi connectivity index (χ2n) is 5.52. The Labute approximate surface area is 139 Å². The summed E-state index contributed by atoms with van der Waals surface area (Å²) in [5, 5.41) is 5.68. The minimum atomic E-state index is -0.413. The molecule has 2 N–H and O–H groups in total. The van der Waals surface area contributed by atoms with Crippen LogP contribution in [-0.4, -0.2) is 45.5 Å². The Morgan fingerprint density at radius 1 is 1.43 bits per heavy atom. The first kappa shape index (κ1) is 15.9. The molecule has 1 aromatic carbocycles. The summed E-state index contributed by atoms with van der Waals surface area (Å²) in [4.78, 5) is 28.0. The van der Waals surface area contributed by atoms with Gasteiger partial charge in [-0.3, -0.25) is 9.59 Å². The average Bonchev–Trinajstić information content (AvgIpc) is 2.84. The van der Waals surface area contributed by atoms with Crippen molar-refractivity contribution in [2.45, 2.75) is 25.4 Å². The molecule has 0 radical (unpaired) electrons. The molecule has 122 valence electrons. The van der Waals surface area contributed by atoms with Gasteiger partial charge in [-0.1, -0.05) is 12.1 Å². The van der Waals surface area contributed by atoms with Gasteiger partial charge in [-0.05, 0) is 18.6 Å². The van der Waals surface area contributed by atoms with Gasteiger partial charge >= 0.3 is 0 Å². The number of carbonyl (C=O) groups is 2. The van der Waals surface area contributed by atoms with E-state index in [-0.39, 0.29) is 11.8 Å². The van der Waals surface area contributed by atoms with Crippen molar-refractivity contribution in [1.82, 2.24) is 20.2 Å². The molecule has 1 aliphatic rings. The Bertz CT molecular complexity index is 700. The first-order valence-corrected chi connectivity index (χ1v) is 8.94. The summed E-state index contributed by atoms with van der Waals surface area (Å²) in [6.07, 6.45) is 3.14. The van der Waals surface area contributed by atoms with Crippen LogP contribution < -0.4 is 10.6 Å². The van der Waals surface area contributed by atoms with Gasteiger partial charge in [0.15, 0.2) is 0 Å². The first-order chi connectivity index (χ1) is 11.2. The Morgan fingerprint density at radius 2 is 2.30 bits per heavy atom. The molecule has 0 aliphatic carbocycles. The van der Waals surface area contributed by atoms with E-state index in [2.05, 4.69) is 20.2 Å². The standard InChI is InChI=1S/C16H20N4O2S/c21-15-6-9-23-10-13(19-15)16(22)17-7-3-8-20-11-18-12-4-1-2-5-14(12)20/h1-2,4-5,11,13H,3,6-10H2,(H,17,22)(H,19,21)/t13-/m1/s1. The Balaban J connectivity index is 1.46. The van der Waals surface area contributed by atoms with Gasteiger partial charge in [-0.25, -0.2) is 4.98 Å². The number of carbonyl (C=O) groups excluding carboxylic acids is 2. The van der Waals surface area contributed by atoms with Gasteiger partial charge in [0.1, 0.15) is 6.04 Å². The van der Waals surface area contributed by atoms with Crippen LogP contribution in [0.1, 0.15) is 12.8 Å². The fraction of sp³-hybridized carbons (Fsp3) is 0.438. The van der Waals surface area contributed by atoms with Crippen LogP contribution in [0.3, 0.4) is 0 Å². The lowest BCUT2D eigenvalue weighted by molar-refractivity contribution is -0.128. The van der Waals surface area contributed by atoms with Crippen LogP contribution in [0.15, 0.2) is 30.6 Å². The third-order valence-electron chi connectivity index (χ3n) is 3.81. The Morgan fingerprint density at radius 3 is 3.22 bits per heavy atom. The second-order valence-corrected chi connectivity index (χ2v) is 6.67. The quantitative estimate of drug-likeness (QED) is 0.806. The number of rotatable bonds is 5. The molecule has 3 rings (SSSR count). The number of thioether (sulfide) groups is 1. The van der Waals surface area contributed by atoms with Gasteiger partial charge in [0.05, 0.1) is 17.4 Å². The third-order valence-corrected chi connectivity index (χ3v) is 4.87. The zero-order chi connectivity index (χ0) is 16.1. The topological polar surface area (TPSA) is 76.0 Å². The molecule has 1 atom stereocenters. The zero-order valence-electron chi connectivity index (χ0n) is 12.8. The number of aromatic nitrogens is 2. The number of amides is 2. The van der Waals surface area contributed by atoms with Crippen LogP contribution in [-0.2, 0) is 16.1 Å². The van der Waals surface area contributed by atoms with Crippen molar-refractivity contribution >= 4 is 34.6 Å². The van der Waals surface area contributed by atoms with Crippen LogP contribution in [0.5, 0.6) is 0 Å². The summed E-state index contributed by atoms with van der Waals surface area (Å²) in [5.41, 5.74) is 2.08. The summed E-state index contributed by atoms with van der Waals surface area (Å²) < 4.78 is 2.09. The molecule has 23 heavy (non-hydrogen) atoms. The van der Waals surface area contributed by atoms with Crippen molar-refractivity contribution in [2.75, 3.05) is 18.1 Å². The smallest absolute Gasteiger partial charge is 0.243 e. The molecule has 2 amide bonds. The number of imidazole rings is 1. The van der Waals surface area contributed by atoms with Crippen LogP contribution in [0, 0.1) is 0 Å². The molecule has 1 fully saturated rings. The van der Waals surface area contributed by atoms with Gasteiger partial charge in [-0.2, -0.15) is 11.8 Å². The number of fused-ring (bicyclic) bond motifs is 1.